The molecule has 0 unspecified atom stereocenters. The van der Waals surface area contributed by atoms with Gasteiger partial charge >= 0.3 is 17.9 Å². The molecule has 0 aromatic carbocycles. The molecule has 58 heavy (non-hydrogen) atoms. The lowest BCUT2D eigenvalue weighted by Gasteiger charge is -2.32. The fourth-order valence-corrected chi connectivity index (χ4v) is 11.4. The summed E-state index contributed by atoms with van der Waals surface area (Å²) in [6.07, 6.45) is -1.43. The van der Waals surface area contributed by atoms with E-state index in [1.165, 1.54) is 17.5 Å². The third-order valence-corrected chi connectivity index (χ3v) is 14.7. The molecular formula is C33H49N7O14S4. The molecule has 5 N–H and O–H groups in total. The second-order valence-corrected chi connectivity index (χ2v) is 19.4. The summed E-state index contributed by atoms with van der Waals surface area (Å²) in [6.45, 7) is 7.79. The maximum atomic E-state index is 13.5. The number of anilines is 1. The number of thiophene rings is 1. The number of aliphatic carboxylic acids is 2. The van der Waals surface area contributed by atoms with E-state index in [9.17, 15) is 41.1 Å². The van der Waals surface area contributed by atoms with E-state index in [1.807, 2.05) is 16.5 Å². The van der Waals surface area contributed by atoms with Crippen molar-refractivity contribution in [3.8, 4) is 5.88 Å². The van der Waals surface area contributed by atoms with Crippen LogP contribution in [0.25, 0.3) is 0 Å². The Morgan fingerprint density at radius 3 is 2.53 bits per heavy atom. The Balaban J connectivity index is 1.42. The summed E-state index contributed by atoms with van der Waals surface area (Å²) >= 11 is 1.44. The maximum Gasteiger partial charge on any atom is 0.331 e. The van der Waals surface area contributed by atoms with Crippen LogP contribution in [0.15, 0.2) is 26.1 Å². The smallest absolute Gasteiger partial charge is 0.331 e. The van der Waals surface area contributed by atoms with Crippen molar-refractivity contribution in [2.75, 3.05) is 77.7 Å². The number of carboxylic acid groups (broad SMARTS) is 2. The molecule has 2 atom stereocenters. The van der Waals surface area contributed by atoms with Gasteiger partial charge in [-0.2, -0.15) is 8.68 Å². The molecule has 2 aromatic heterocycles. The predicted molar refractivity (Wildman–Crippen MR) is 209 cm³/mol. The zero-order chi connectivity index (χ0) is 42.7. The lowest BCUT2D eigenvalue weighted by Crippen LogP contribution is -2.46. The first-order valence-electron chi connectivity index (χ1n) is 18.2. The van der Waals surface area contributed by atoms with E-state index in [4.69, 9.17) is 24.1 Å². The molecule has 4 heterocycles. The number of fused-ring (bicyclic) bond motifs is 1. The monoisotopic (exact) mass is 895 g/mol. The molecular weight excluding hydrogens is 847 g/mol. The van der Waals surface area contributed by atoms with Crippen LogP contribution < -0.4 is 25.0 Å². The van der Waals surface area contributed by atoms with Crippen LogP contribution in [0.1, 0.15) is 58.1 Å². The van der Waals surface area contributed by atoms with Crippen LogP contribution in [-0.4, -0.2) is 148 Å². The average molecular weight is 896 g/mol. The third kappa shape index (κ3) is 13.1. The van der Waals surface area contributed by atoms with Gasteiger partial charge in [-0.1, -0.05) is 6.92 Å². The van der Waals surface area contributed by atoms with Gasteiger partial charge in [0.25, 0.3) is 25.9 Å². The number of esters is 1. The number of nitrogens with zero attached hydrogens (tertiary/aromatic N) is 4. The van der Waals surface area contributed by atoms with Crippen LogP contribution >= 0.6 is 23.1 Å². The number of morpholine rings is 1. The first-order chi connectivity index (χ1) is 27.4. The van der Waals surface area contributed by atoms with Crippen molar-refractivity contribution >= 4 is 72.7 Å². The third-order valence-electron chi connectivity index (χ3n) is 8.78. The van der Waals surface area contributed by atoms with Gasteiger partial charge in [0.2, 0.25) is 11.7 Å². The number of carboxylic acids is 2. The van der Waals surface area contributed by atoms with E-state index < -0.39 is 74.4 Å². The minimum absolute atomic E-state index is 0.0808. The van der Waals surface area contributed by atoms with Crippen LogP contribution in [-0.2, 0) is 53.4 Å². The number of carbonyl (C=O) groups excluding carboxylic acids is 2. The molecule has 0 bridgehead atoms. The second kappa shape index (κ2) is 20.9. The number of nitrogens with one attached hydrogen (secondary N) is 3. The second-order valence-electron chi connectivity index (χ2n) is 13.8. The standard InChI is InChI=1S/C33H49N7O14S4/c1-5-34-24-19-40(9-6-12-51-4)58(49,50)32-23(24)16-28(55-32)57(47,48)38-25(41)7-8-27(44)54-22(18-35-33(2,3)17-21(31(45)46)15-26(42)43)20-53-30-29(36-56-37-30)39-10-13-52-14-11-39/h15-16,22,24,34-35H,5-14,17-20H2,1-4H3,(H,38,41)(H,42,43)(H,45,46)/b21-15-/t22-,24-/m0/s1. The van der Waals surface area contributed by atoms with Crippen molar-refractivity contribution in [2.45, 2.75) is 72.6 Å². The molecule has 1 saturated heterocycles. The Bertz CT molecular complexity index is 2010. The lowest BCUT2D eigenvalue weighted by molar-refractivity contribution is -0.151. The molecule has 324 valence electrons. The Morgan fingerprint density at radius 1 is 1.16 bits per heavy atom. The van der Waals surface area contributed by atoms with Crippen molar-refractivity contribution in [3.63, 3.8) is 0 Å². The minimum atomic E-state index is -4.55. The highest BCUT2D eigenvalue weighted by Crippen LogP contribution is 2.40. The van der Waals surface area contributed by atoms with Gasteiger partial charge in [0.1, 0.15) is 21.1 Å². The summed E-state index contributed by atoms with van der Waals surface area (Å²) in [6, 6.07) is 0.742. The summed E-state index contributed by atoms with van der Waals surface area (Å²) in [7, 11) is -7.08. The normalized spacial score (nSPS) is 18.0. The van der Waals surface area contributed by atoms with Crippen LogP contribution in [0, 0.1) is 0 Å². The molecule has 4 rings (SSSR count). The number of carbonyl (C=O) groups is 4. The largest absolute Gasteiger partial charge is 0.478 e. The van der Waals surface area contributed by atoms with E-state index in [1.54, 1.807) is 13.8 Å². The zero-order valence-electron chi connectivity index (χ0n) is 32.4. The molecule has 25 heteroatoms. The summed E-state index contributed by atoms with van der Waals surface area (Å²) in [5.41, 5.74) is -1.12. The highest BCUT2D eigenvalue weighted by molar-refractivity contribution is 7.94. The van der Waals surface area contributed by atoms with Crippen LogP contribution in [0.3, 0.4) is 0 Å². The van der Waals surface area contributed by atoms with Gasteiger partial charge in [0, 0.05) is 81.7 Å². The van der Waals surface area contributed by atoms with Crippen LogP contribution in [0.2, 0.25) is 0 Å². The van der Waals surface area contributed by atoms with E-state index in [2.05, 4.69) is 19.4 Å². The Kier molecular flexibility index (Phi) is 16.9. The van der Waals surface area contributed by atoms with Gasteiger partial charge in [0.05, 0.1) is 31.4 Å². The number of methoxy groups -OCH3 is 1. The molecule has 1 fully saturated rings. The van der Waals surface area contributed by atoms with Gasteiger partial charge in [-0.15, -0.1) is 15.7 Å². The SMILES string of the molecule is CCN[C@H]1CN(CCCOC)S(=O)(=O)c2sc(S(=O)(=O)NC(=O)CCC(=O)O[C@@H](CNC(C)(C)C/C(=C/C(=O)O)C(=O)O)COc3nsnc3N3CCOCC3)cc21. The number of hydrogen-bond donors (Lipinski definition) is 5. The molecule has 0 radical (unpaired) electrons. The quantitative estimate of drug-likeness (QED) is 0.0579. The summed E-state index contributed by atoms with van der Waals surface area (Å²) in [5.74, 6) is -4.15. The Morgan fingerprint density at radius 2 is 1.88 bits per heavy atom. The van der Waals surface area contributed by atoms with Crippen molar-refractivity contribution < 1.29 is 65.2 Å². The van der Waals surface area contributed by atoms with Crippen molar-refractivity contribution in [1.29, 1.82) is 0 Å². The number of amides is 1. The number of ether oxygens (including phenoxy) is 4. The highest BCUT2D eigenvalue weighted by Gasteiger charge is 2.40. The molecule has 2 aliphatic heterocycles. The molecule has 2 aliphatic rings. The Labute approximate surface area is 344 Å². The first kappa shape index (κ1) is 46.9. The number of likely N-dealkylation sites (N-methyl/N-ethyl adjacent to an activating group) is 1. The van der Waals surface area contributed by atoms with E-state index >= 15 is 0 Å². The van der Waals surface area contributed by atoms with Crippen LogP contribution in [0.4, 0.5) is 5.82 Å². The van der Waals surface area contributed by atoms with Gasteiger partial charge in [-0.25, -0.2) is 31.1 Å². The first-order valence-corrected chi connectivity index (χ1v) is 22.6. The number of hydrogen-bond acceptors (Lipinski definition) is 19. The fourth-order valence-electron chi connectivity index (χ4n) is 6.00. The van der Waals surface area contributed by atoms with E-state index in [-0.39, 0.29) is 58.1 Å². The Hall–Kier alpha value is -3.82. The number of sulfonamides is 2. The zero-order valence-corrected chi connectivity index (χ0v) is 35.7. The molecule has 2 aromatic rings. The summed E-state index contributed by atoms with van der Waals surface area (Å²) in [5, 5.41) is 24.9. The number of rotatable bonds is 23. The lowest BCUT2D eigenvalue weighted by atomic mass is 9.94. The summed E-state index contributed by atoms with van der Waals surface area (Å²) in [4.78, 5) is 50.8. The van der Waals surface area contributed by atoms with Gasteiger partial charge in [-0.3, -0.25) is 9.59 Å². The van der Waals surface area contributed by atoms with Crippen molar-refractivity contribution in [1.82, 2.24) is 28.4 Å². The summed E-state index contributed by atoms with van der Waals surface area (Å²) < 4.78 is 86.7. The molecule has 0 saturated carbocycles. The number of aromatic nitrogens is 2. The maximum absolute atomic E-state index is 13.5. The van der Waals surface area contributed by atoms with Gasteiger partial charge < -0.3 is 44.7 Å². The molecule has 1 amide bonds. The minimum Gasteiger partial charge on any atom is -0.478 e. The topological polar surface area (TPSA) is 282 Å². The van der Waals surface area contributed by atoms with Gasteiger partial charge in [0.15, 0.2) is 0 Å². The van der Waals surface area contributed by atoms with E-state index in [0.717, 1.165) is 11.7 Å². The predicted octanol–water partition coefficient (Wildman–Crippen LogP) is 0.557. The van der Waals surface area contributed by atoms with E-state index in [0.29, 0.717) is 69.1 Å². The molecule has 21 nitrogen and oxygen atoms in total. The highest BCUT2D eigenvalue weighted by atomic mass is 32.3. The van der Waals surface area contributed by atoms with Crippen LogP contribution in [0.5, 0.6) is 5.88 Å². The molecule has 0 spiro atoms. The van der Waals surface area contributed by atoms with Crippen molar-refractivity contribution in [3.05, 3.63) is 23.3 Å². The van der Waals surface area contributed by atoms with Crippen molar-refractivity contribution in [2.24, 2.45) is 0 Å². The van der Waals surface area contributed by atoms with Gasteiger partial charge in [-0.05, 0) is 39.3 Å². The molecule has 0 aliphatic carbocycles. The average Bonchev–Trinajstić information content (AvgIpc) is 3.83. The fraction of sp³-hybridized carbons (Fsp3) is 0.636.